The van der Waals surface area contributed by atoms with E-state index in [1.807, 2.05) is 19.1 Å². The second kappa shape index (κ2) is 7.11. The van der Waals surface area contributed by atoms with E-state index in [0.717, 1.165) is 48.2 Å². The Morgan fingerprint density at radius 2 is 1.85 bits per heavy atom. The van der Waals surface area contributed by atoms with E-state index in [-0.39, 0.29) is 6.10 Å². The highest BCUT2D eigenvalue weighted by Gasteiger charge is 2.25. The molecule has 0 bridgehead atoms. The Hall–Kier alpha value is -2.96. The molecular weight excluding hydrogens is 330 g/mol. The van der Waals surface area contributed by atoms with Crippen LogP contribution in [0.4, 0.5) is 5.82 Å². The van der Waals surface area contributed by atoms with E-state index in [4.69, 9.17) is 9.47 Å². The molecule has 1 aliphatic rings. The average Bonchev–Trinajstić information content (AvgIpc) is 2.69. The SMILES string of the molecule is COc1cnc(OC2CCCN(c3nnc(C)c4ccccc34)C2)nc1. The van der Waals surface area contributed by atoms with Crippen LogP contribution >= 0.6 is 0 Å². The highest BCUT2D eigenvalue weighted by atomic mass is 16.5. The van der Waals surface area contributed by atoms with Crippen molar-refractivity contribution in [2.45, 2.75) is 25.9 Å². The molecule has 0 aliphatic carbocycles. The number of aryl methyl sites for hydroxylation is 1. The van der Waals surface area contributed by atoms with Crippen LogP contribution in [0.2, 0.25) is 0 Å². The molecule has 1 atom stereocenters. The molecule has 26 heavy (non-hydrogen) atoms. The van der Waals surface area contributed by atoms with Gasteiger partial charge in [-0.15, -0.1) is 5.10 Å². The summed E-state index contributed by atoms with van der Waals surface area (Å²) in [5.74, 6) is 1.53. The fourth-order valence-electron chi connectivity index (χ4n) is 3.30. The topological polar surface area (TPSA) is 73.3 Å². The lowest BCUT2D eigenvalue weighted by atomic mass is 10.1. The molecule has 4 rings (SSSR count). The molecule has 1 aliphatic heterocycles. The summed E-state index contributed by atoms with van der Waals surface area (Å²) in [5, 5.41) is 11.1. The fourth-order valence-corrected chi connectivity index (χ4v) is 3.30. The van der Waals surface area contributed by atoms with Gasteiger partial charge in [-0.3, -0.25) is 0 Å². The first-order valence-electron chi connectivity index (χ1n) is 8.74. The van der Waals surface area contributed by atoms with Crippen LogP contribution in [0.15, 0.2) is 36.7 Å². The first-order chi connectivity index (χ1) is 12.7. The van der Waals surface area contributed by atoms with Gasteiger partial charge in [0.05, 0.1) is 31.7 Å². The first-order valence-corrected chi connectivity index (χ1v) is 8.74. The van der Waals surface area contributed by atoms with E-state index in [1.165, 1.54) is 0 Å². The van der Waals surface area contributed by atoms with Crippen molar-refractivity contribution < 1.29 is 9.47 Å². The van der Waals surface area contributed by atoms with Gasteiger partial charge in [0.25, 0.3) is 0 Å². The maximum Gasteiger partial charge on any atom is 0.316 e. The van der Waals surface area contributed by atoms with Gasteiger partial charge in [-0.25, -0.2) is 0 Å². The quantitative estimate of drug-likeness (QED) is 0.715. The zero-order chi connectivity index (χ0) is 17.9. The van der Waals surface area contributed by atoms with Crippen molar-refractivity contribution in [1.82, 2.24) is 20.2 Å². The highest BCUT2D eigenvalue weighted by Crippen LogP contribution is 2.28. The Kier molecular flexibility index (Phi) is 4.51. The molecule has 3 heterocycles. The molecule has 7 nitrogen and oxygen atoms in total. The molecule has 0 amide bonds. The smallest absolute Gasteiger partial charge is 0.316 e. The summed E-state index contributed by atoms with van der Waals surface area (Å²) in [6, 6.07) is 8.63. The van der Waals surface area contributed by atoms with Crippen LogP contribution in [0.25, 0.3) is 10.8 Å². The molecule has 0 N–H and O–H groups in total. The van der Waals surface area contributed by atoms with Gasteiger partial charge in [0, 0.05) is 17.3 Å². The Morgan fingerprint density at radius 1 is 1.08 bits per heavy atom. The van der Waals surface area contributed by atoms with E-state index >= 15 is 0 Å². The largest absolute Gasteiger partial charge is 0.494 e. The summed E-state index contributed by atoms with van der Waals surface area (Å²) in [6.45, 7) is 3.66. The van der Waals surface area contributed by atoms with Crippen LogP contribution in [-0.2, 0) is 0 Å². The number of anilines is 1. The van der Waals surface area contributed by atoms with Crippen molar-refractivity contribution in [3.8, 4) is 11.8 Å². The van der Waals surface area contributed by atoms with Gasteiger partial charge < -0.3 is 14.4 Å². The summed E-state index contributed by atoms with van der Waals surface area (Å²) in [5.41, 5.74) is 0.945. The lowest BCUT2D eigenvalue weighted by molar-refractivity contribution is 0.164. The summed E-state index contributed by atoms with van der Waals surface area (Å²) in [7, 11) is 1.59. The molecule has 0 spiro atoms. The number of ether oxygens (including phenoxy) is 2. The third-order valence-electron chi connectivity index (χ3n) is 4.64. The van der Waals surface area contributed by atoms with Crippen LogP contribution in [0, 0.1) is 6.92 Å². The van der Waals surface area contributed by atoms with Gasteiger partial charge >= 0.3 is 6.01 Å². The van der Waals surface area contributed by atoms with Gasteiger partial charge in [0.1, 0.15) is 6.10 Å². The minimum atomic E-state index is 0.0130. The second-order valence-electron chi connectivity index (χ2n) is 6.39. The molecule has 7 heteroatoms. The van der Waals surface area contributed by atoms with Crippen molar-refractivity contribution >= 4 is 16.6 Å². The van der Waals surface area contributed by atoms with Gasteiger partial charge in [0.15, 0.2) is 11.6 Å². The van der Waals surface area contributed by atoms with Crippen molar-refractivity contribution in [3.63, 3.8) is 0 Å². The lowest BCUT2D eigenvalue weighted by Gasteiger charge is -2.33. The van der Waals surface area contributed by atoms with Crippen LogP contribution < -0.4 is 14.4 Å². The molecule has 0 radical (unpaired) electrons. The average molecular weight is 351 g/mol. The van der Waals surface area contributed by atoms with Crippen molar-refractivity contribution in [2.75, 3.05) is 25.1 Å². The first kappa shape index (κ1) is 16.5. The maximum atomic E-state index is 5.97. The van der Waals surface area contributed by atoms with E-state index in [1.54, 1.807) is 19.5 Å². The van der Waals surface area contributed by atoms with Gasteiger partial charge in [0.2, 0.25) is 0 Å². The van der Waals surface area contributed by atoms with Crippen LogP contribution in [-0.4, -0.2) is 46.5 Å². The van der Waals surface area contributed by atoms with Crippen molar-refractivity contribution in [2.24, 2.45) is 0 Å². The highest BCUT2D eigenvalue weighted by molar-refractivity contribution is 5.93. The number of nitrogens with zero attached hydrogens (tertiary/aromatic N) is 5. The Labute approximate surface area is 152 Å². The maximum absolute atomic E-state index is 5.97. The van der Waals surface area contributed by atoms with Crippen LogP contribution in [0.1, 0.15) is 18.5 Å². The van der Waals surface area contributed by atoms with Crippen LogP contribution in [0.3, 0.4) is 0 Å². The minimum absolute atomic E-state index is 0.0130. The fraction of sp³-hybridized carbons (Fsp3) is 0.368. The number of hydrogen-bond acceptors (Lipinski definition) is 7. The Morgan fingerprint density at radius 3 is 2.62 bits per heavy atom. The number of benzene rings is 1. The third kappa shape index (κ3) is 3.24. The number of aromatic nitrogens is 4. The molecule has 1 aromatic carbocycles. The van der Waals surface area contributed by atoms with E-state index in [0.29, 0.717) is 11.8 Å². The van der Waals surface area contributed by atoms with Gasteiger partial charge in [-0.1, -0.05) is 24.3 Å². The second-order valence-corrected chi connectivity index (χ2v) is 6.39. The predicted molar refractivity (Wildman–Crippen MR) is 98.7 cm³/mol. The standard InChI is InChI=1S/C19H21N5O2/c1-13-16-7-3-4-8-17(16)18(23-22-13)24-9-5-6-14(12-24)26-19-20-10-15(25-2)11-21-19/h3-4,7-8,10-11,14H,5-6,9,12H2,1-2H3. The van der Waals surface area contributed by atoms with Crippen molar-refractivity contribution in [3.05, 3.63) is 42.4 Å². The Bertz CT molecular complexity index is 900. The summed E-state index contributed by atoms with van der Waals surface area (Å²) >= 11 is 0. The number of hydrogen-bond donors (Lipinski definition) is 0. The molecule has 1 unspecified atom stereocenters. The normalized spacial score (nSPS) is 17.3. The van der Waals surface area contributed by atoms with E-state index in [9.17, 15) is 0 Å². The molecule has 0 saturated carbocycles. The zero-order valence-electron chi connectivity index (χ0n) is 14.9. The molecule has 1 saturated heterocycles. The Balaban J connectivity index is 1.54. The molecule has 3 aromatic rings. The minimum Gasteiger partial charge on any atom is -0.494 e. The molecular formula is C19H21N5O2. The van der Waals surface area contributed by atoms with Crippen molar-refractivity contribution in [1.29, 1.82) is 0 Å². The number of fused-ring (bicyclic) bond motifs is 1. The predicted octanol–water partition coefficient (Wildman–Crippen LogP) is 2.78. The van der Waals surface area contributed by atoms with E-state index in [2.05, 4.69) is 37.2 Å². The number of rotatable bonds is 4. The number of piperidine rings is 1. The third-order valence-corrected chi connectivity index (χ3v) is 4.64. The van der Waals surface area contributed by atoms with Crippen LogP contribution in [0.5, 0.6) is 11.8 Å². The monoisotopic (exact) mass is 351 g/mol. The molecule has 1 fully saturated rings. The summed E-state index contributed by atoms with van der Waals surface area (Å²) in [6.07, 6.45) is 5.22. The zero-order valence-corrected chi connectivity index (χ0v) is 14.9. The lowest BCUT2D eigenvalue weighted by Crippen LogP contribution is -2.42. The van der Waals surface area contributed by atoms with E-state index < -0.39 is 0 Å². The molecule has 2 aromatic heterocycles. The van der Waals surface area contributed by atoms with Gasteiger partial charge in [-0.05, 0) is 19.8 Å². The van der Waals surface area contributed by atoms with Gasteiger partial charge in [-0.2, -0.15) is 15.1 Å². The molecule has 134 valence electrons. The number of methoxy groups -OCH3 is 1. The summed E-state index contributed by atoms with van der Waals surface area (Å²) in [4.78, 5) is 10.6. The summed E-state index contributed by atoms with van der Waals surface area (Å²) < 4.78 is 11.1.